The maximum atomic E-state index is 12.7. The van der Waals surface area contributed by atoms with Crippen LogP contribution in [0.2, 0.25) is 0 Å². The first kappa shape index (κ1) is 29.6. The molecule has 208 valence electrons. The number of anilines is 1. The first-order valence-electron chi connectivity index (χ1n) is 12.9. The highest BCUT2D eigenvalue weighted by molar-refractivity contribution is 5.89. The van der Waals surface area contributed by atoms with E-state index in [4.69, 9.17) is 11.5 Å². The lowest BCUT2D eigenvalue weighted by Gasteiger charge is -2.37. The van der Waals surface area contributed by atoms with Gasteiger partial charge in [0.05, 0.1) is 11.2 Å². The summed E-state index contributed by atoms with van der Waals surface area (Å²) >= 11 is 0. The molecule has 2 aliphatic heterocycles. The summed E-state index contributed by atoms with van der Waals surface area (Å²) in [5, 5.41) is 2.69. The summed E-state index contributed by atoms with van der Waals surface area (Å²) in [6, 6.07) is 9.12. The molecule has 1 aromatic heterocycles. The molecule has 0 bridgehead atoms. The van der Waals surface area contributed by atoms with Crippen molar-refractivity contribution in [3.05, 3.63) is 52.6 Å². The number of piperazine rings is 1. The van der Waals surface area contributed by atoms with Gasteiger partial charge in [0.25, 0.3) is 0 Å². The molecule has 2 aliphatic rings. The van der Waals surface area contributed by atoms with Crippen molar-refractivity contribution < 1.29 is 9.59 Å². The summed E-state index contributed by atoms with van der Waals surface area (Å²) in [5.41, 5.74) is 12.2. The fourth-order valence-electron chi connectivity index (χ4n) is 4.78. The maximum absolute atomic E-state index is 12.7. The minimum atomic E-state index is -0.944. The number of rotatable bonds is 6. The van der Waals surface area contributed by atoms with Crippen molar-refractivity contribution in [1.29, 1.82) is 0 Å². The largest absolute Gasteiger partial charge is 0.354 e. The molecule has 0 aliphatic carbocycles. The Labute approximate surface area is 229 Å². The summed E-state index contributed by atoms with van der Waals surface area (Å²) < 4.78 is 1.45. The third-order valence-electron chi connectivity index (χ3n) is 7.11. The van der Waals surface area contributed by atoms with Crippen LogP contribution in [-0.4, -0.2) is 87.5 Å². The lowest BCUT2D eigenvalue weighted by atomic mass is 9.97. The first-order valence-corrected chi connectivity index (χ1v) is 12.9. The van der Waals surface area contributed by atoms with Gasteiger partial charge in [0.15, 0.2) is 0 Å². The highest BCUT2D eigenvalue weighted by atomic mass is 35.5. The van der Waals surface area contributed by atoms with E-state index in [9.17, 15) is 14.4 Å². The summed E-state index contributed by atoms with van der Waals surface area (Å²) in [6.45, 7) is 8.66. The minimum Gasteiger partial charge on any atom is -0.338 e. The van der Waals surface area contributed by atoms with Gasteiger partial charge in [0, 0.05) is 38.9 Å². The number of benzene rings is 1. The Bertz CT molecular complexity index is 1150. The number of hydrogen-bond donors (Lipinski definition) is 3. The van der Waals surface area contributed by atoms with Gasteiger partial charge >= 0.3 is 11.7 Å². The Morgan fingerprint density at radius 2 is 1.61 bits per heavy atom. The topological polar surface area (TPSA) is 143 Å². The van der Waals surface area contributed by atoms with E-state index in [1.165, 1.54) is 10.1 Å². The first-order chi connectivity index (χ1) is 17.6. The van der Waals surface area contributed by atoms with Crippen molar-refractivity contribution in [3.63, 3.8) is 0 Å². The van der Waals surface area contributed by atoms with Crippen LogP contribution < -0.4 is 22.5 Å². The second-order valence-electron chi connectivity index (χ2n) is 10.5. The van der Waals surface area contributed by atoms with Crippen LogP contribution in [-0.2, 0) is 11.3 Å². The Balaban J connectivity index is 0.00000400. The molecule has 0 atom stereocenters. The van der Waals surface area contributed by atoms with Gasteiger partial charge in [-0.1, -0.05) is 12.1 Å². The zero-order valence-corrected chi connectivity index (χ0v) is 23.0. The fraction of sp³-hybridized carbons (Fsp3) is 0.538. The van der Waals surface area contributed by atoms with Gasteiger partial charge in [-0.3, -0.25) is 19.6 Å². The number of urea groups is 1. The zero-order valence-electron chi connectivity index (χ0n) is 22.1. The molecule has 11 nitrogen and oxygen atoms in total. The summed E-state index contributed by atoms with van der Waals surface area (Å²) in [5.74, 6) is 0.680. The normalized spacial score (nSPS) is 17.2. The van der Waals surface area contributed by atoms with Gasteiger partial charge in [-0.05, 0) is 76.0 Å². The molecule has 0 saturated carbocycles. The van der Waals surface area contributed by atoms with Crippen molar-refractivity contribution in [2.75, 3.05) is 51.1 Å². The average Bonchev–Trinajstić information content (AvgIpc) is 2.89. The van der Waals surface area contributed by atoms with Gasteiger partial charge < -0.3 is 21.3 Å². The van der Waals surface area contributed by atoms with Crippen molar-refractivity contribution in [1.82, 2.24) is 24.3 Å². The van der Waals surface area contributed by atoms with Crippen LogP contribution in [0.3, 0.4) is 0 Å². The molecule has 5 N–H and O–H groups in total. The third-order valence-corrected chi connectivity index (χ3v) is 7.11. The molecule has 3 heterocycles. The number of aromatic nitrogens is 2. The number of nitrogens with one attached hydrogen (secondary N) is 1. The van der Waals surface area contributed by atoms with E-state index in [1.54, 1.807) is 35.9 Å². The van der Waals surface area contributed by atoms with E-state index in [-0.39, 0.29) is 30.2 Å². The monoisotopic (exact) mass is 546 g/mol. The standard InChI is InChI=1S/C26H38N8O3.ClH/c1-26(2,28)23(35)32-13-15-33(16-14-32)24(36)29-22-9-12-34(25(37)30-22)21-5-3-20(4-6-21)18-31-10-7-19(17-27)8-11-31;/h3-6,9,12,19H,7-8,10-11,13-18,27-28H2,1-2H3,(H,29,30,36,37);1H. The minimum absolute atomic E-state index is 0. The predicted molar refractivity (Wildman–Crippen MR) is 150 cm³/mol. The van der Waals surface area contributed by atoms with Crippen molar-refractivity contribution in [2.24, 2.45) is 17.4 Å². The van der Waals surface area contributed by atoms with Crippen LogP contribution in [0.15, 0.2) is 41.3 Å². The molecular formula is C26H39ClN8O3. The third kappa shape index (κ3) is 7.31. The maximum Gasteiger partial charge on any atom is 0.354 e. The highest BCUT2D eigenvalue weighted by Crippen LogP contribution is 2.19. The number of likely N-dealkylation sites (tertiary alicyclic amines) is 1. The van der Waals surface area contributed by atoms with Crippen molar-refractivity contribution >= 4 is 30.2 Å². The predicted octanol–water partition coefficient (Wildman–Crippen LogP) is 1.24. The molecule has 38 heavy (non-hydrogen) atoms. The Kier molecular flexibility index (Phi) is 9.88. The van der Waals surface area contributed by atoms with E-state index >= 15 is 0 Å². The van der Waals surface area contributed by atoms with Crippen molar-refractivity contribution in [3.8, 4) is 5.69 Å². The lowest BCUT2D eigenvalue weighted by Crippen LogP contribution is -2.58. The Hall–Kier alpha value is -2.99. The van der Waals surface area contributed by atoms with Crippen LogP contribution in [0.5, 0.6) is 0 Å². The molecular weight excluding hydrogens is 508 g/mol. The molecule has 2 saturated heterocycles. The summed E-state index contributed by atoms with van der Waals surface area (Å²) in [4.78, 5) is 47.4. The summed E-state index contributed by atoms with van der Waals surface area (Å²) in [7, 11) is 0. The number of halogens is 1. The number of hydrogen-bond acceptors (Lipinski definition) is 7. The number of piperidine rings is 1. The Morgan fingerprint density at radius 3 is 2.16 bits per heavy atom. The van der Waals surface area contributed by atoms with E-state index in [0.29, 0.717) is 37.8 Å². The van der Waals surface area contributed by atoms with Crippen LogP contribution in [0, 0.1) is 5.92 Å². The molecule has 0 spiro atoms. The van der Waals surface area contributed by atoms with Gasteiger partial charge in [0.2, 0.25) is 5.91 Å². The smallest absolute Gasteiger partial charge is 0.338 e. The quantitative estimate of drug-likeness (QED) is 0.494. The molecule has 3 amide bonds. The number of amides is 3. The van der Waals surface area contributed by atoms with Crippen molar-refractivity contribution in [2.45, 2.75) is 38.8 Å². The van der Waals surface area contributed by atoms with E-state index < -0.39 is 11.2 Å². The van der Waals surface area contributed by atoms with Crippen LogP contribution >= 0.6 is 12.4 Å². The fourth-order valence-corrected chi connectivity index (χ4v) is 4.78. The second kappa shape index (κ2) is 12.7. The second-order valence-corrected chi connectivity index (χ2v) is 10.5. The highest BCUT2D eigenvalue weighted by Gasteiger charge is 2.31. The zero-order chi connectivity index (χ0) is 26.6. The number of carbonyl (C=O) groups excluding carboxylic acids is 2. The lowest BCUT2D eigenvalue weighted by molar-refractivity contribution is -0.137. The van der Waals surface area contributed by atoms with E-state index in [1.807, 2.05) is 24.3 Å². The molecule has 0 radical (unpaired) electrons. The van der Waals surface area contributed by atoms with Crippen LogP contribution in [0.1, 0.15) is 32.3 Å². The van der Waals surface area contributed by atoms with Gasteiger partial charge in [-0.25, -0.2) is 9.59 Å². The molecule has 2 aromatic rings. The van der Waals surface area contributed by atoms with Crippen LogP contribution in [0.25, 0.3) is 5.69 Å². The summed E-state index contributed by atoms with van der Waals surface area (Å²) in [6.07, 6.45) is 3.89. The van der Waals surface area contributed by atoms with Gasteiger partial charge in [0.1, 0.15) is 5.82 Å². The van der Waals surface area contributed by atoms with Gasteiger partial charge in [-0.15, -0.1) is 12.4 Å². The molecule has 2 fully saturated rings. The van der Waals surface area contributed by atoms with Crippen LogP contribution in [0.4, 0.5) is 10.6 Å². The SMILES string of the molecule is CC(C)(N)C(=O)N1CCN(C(=O)Nc2ccn(-c3ccc(CN4CCC(CN)CC4)cc3)c(=O)n2)CC1.Cl. The molecule has 12 heteroatoms. The molecule has 4 rings (SSSR count). The van der Waals surface area contributed by atoms with E-state index in [2.05, 4.69) is 15.2 Å². The number of nitrogens with zero attached hydrogens (tertiary/aromatic N) is 5. The molecule has 1 aromatic carbocycles. The molecule has 0 unspecified atom stereocenters. The van der Waals surface area contributed by atoms with Gasteiger partial charge in [-0.2, -0.15) is 4.98 Å². The number of nitrogens with two attached hydrogens (primary N) is 2. The Morgan fingerprint density at radius 1 is 1.00 bits per heavy atom. The van der Waals surface area contributed by atoms with E-state index in [0.717, 1.165) is 39.0 Å². The number of carbonyl (C=O) groups is 2. The average molecular weight is 547 g/mol.